The lowest BCUT2D eigenvalue weighted by molar-refractivity contribution is 0.0945. The van der Waals surface area contributed by atoms with Gasteiger partial charge in [-0.1, -0.05) is 29.8 Å². The number of carbonyl (C=O) groups excluding carboxylic acids is 1. The first-order chi connectivity index (χ1) is 9.19. The Balaban J connectivity index is 1.99. The van der Waals surface area contributed by atoms with Crippen molar-refractivity contribution in [3.63, 3.8) is 0 Å². The van der Waals surface area contributed by atoms with Crippen LogP contribution in [0.25, 0.3) is 0 Å². The molecule has 0 aliphatic carbocycles. The first-order valence-corrected chi connectivity index (χ1v) is 6.02. The van der Waals surface area contributed by atoms with Gasteiger partial charge in [-0.05, 0) is 12.5 Å². The van der Waals surface area contributed by atoms with Crippen molar-refractivity contribution in [3.8, 4) is 0 Å². The zero-order valence-corrected chi connectivity index (χ0v) is 11.0. The van der Waals surface area contributed by atoms with E-state index < -0.39 is 0 Å². The second-order valence-corrected chi connectivity index (χ2v) is 4.21. The van der Waals surface area contributed by atoms with Crippen LogP contribution in [0.2, 0.25) is 0 Å². The summed E-state index contributed by atoms with van der Waals surface area (Å²) in [7, 11) is 1.73. The predicted molar refractivity (Wildman–Crippen MR) is 73.9 cm³/mol. The summed E-state index contributed by atoms with van der Waals surface area (Å²) in [6, 6.07) is 8.02. The Morgan fingerprint density at radius 1 is 1.21 bits per heavy atom. The maximum Gasteiger partial charge on any atom is 0.271 e. The number of nitrogens with zero attached hydrogens (tertiary/aromatic N) is 2. The molecule has 98 valence electrons. The number of aryl methyl sites for hydroxylation is 1. The molecule has 0 aliphatic heterocycles. The Morgan fingerprint density at radius 3 is 2.63 bits per heavy atom. The van der Waals surface area contributed by atoms with Crippen molar-refractivity contribution >= 4 is 11.7 Å². The van der Waals surface area contributed by atoms with E-state index in [-0.39, 0.29) is 5.91 Å². The summed E-state index contributed by atoms with van der Waals surface area (Å²) >= 11 is 0. The van der Waals surface area contributed by atoms with Gasteiger partial charge in [-0.2, -0.15) is 0 Å². The van der Waals surface area contributed by atoms with Crippen molar-refractivity contribution in [3.05, 3.63) is 53.5 Å². The first-order valence-electron chi connectivity index (χ1n) is 6.02. The largest absolute Gasteiger partial charge is 0.372 e. The molecule has 0 bridgehead atoms. The molecule has 5 nitrogen and oxygen atoms in total. The van der Waals surface area contributed by atoms with Crippen molar-refractivity contribution < 1.29 is 4.79 Å². The number of rotatable bonds is 4. The van der Waals surface area contributed by atoms with Crippen LogP contribution in [0.15, 0.2) is 36.7 Å². The standard InChI is InChI=1S/C14H16N4O/c1-10-3-5-11(6-4-10)7-17-14(19)12-8-16-9-13(15-2)18-12/h3-6,8-9H,7H2,1-2H3,(H,15,18)(H,17,19). The smallest absolute Gasteiger partial charge is 0.271 e. The minimum Gasteiger partial charge on any atom is -0.372 e. The normalized spacial score (nSPS) is 10.0. The van der Waals surface area contributed by atoms with Gasteiger partial charge >= 0.3 is 0 Å². The number of hydrogen-bond donors (Lipinski definition) is 2. The number of carbonyl (C=O) groups is 1. The van der Waals surface area contributed by atoms with Gasteiger partial charge in [0.25, 0.3) is 5.91 Å². The highest BCUT2D eigenvalue weighted by atomic mass is 16.1. The average Bonchev–Trinajstić information content (AvgIpc) is 2.46. The zero-order chi connectivity index (χ0) is 13.7. The molecular formula is C14H16N4O. The van der Waals surface area contributed by atoms with E-state index in [1.807, 2.05) is 31.2 Å². The van der Waals surface area contributed by atoms with Crippen molar-refractivity contribution in [1.82, 2.24) is 15.3 Å². The fourth-order valence-electron chi connectivity index (χ4n) is 1.57. The molecule has 1 aromatic carbocycles. The number of amides is 1. The summed E-state index contributed by atoms with van der Waals surface area (Å²) in [5.41, 5.74) is 2.55. The van der Waals surface area contributed by atoms with E-state index >= 15 is 0 Å². The summed E-state index contributed by atoms with van der Waals surface area (Å²) in [6.07, 6.45) is 3.02. The molecule has 0 radical (unpaired) electrons. The Hall–Kier alpha value is -2.43. The molecule has 2 rings (SSSR count). The third-order valence-electron chi connectivity index (χ3n) is 2.70. The summed E-state index contributed by atoms with van der Waals surface area (Å²) < 4.78 is 0. The maximum absolute atomic E-state index is 11.9. The Bertz CT molecular complexity index is 566. The molecule has 2 N–H and O–H groups in total. The van der Waals surface area contributed by atoms with Gasteiger partial charge in [-0.25, -0.2) is 4.98 Å². The molecule has 0 saturated heterocycles. The molecule has 1 amide bonds. The Kier molecular flexibility index (Phi) is 4.07. The molecular weight excluding hydrogens is 240 g/mol. The molecule has 0 atom stereocenters. The molecule has 19 heavy (non-hydrogen) atoms. The quantitative estimate of drug-likeness (QED) is 0.874. The van der Waals surface area contributed by atoms with Gasteiger partial charge in [0.1, 0.15) is 11.5 Å². The highest BCUT2D eigenvalue weighted by Gasteiger charge is 2.07. The second-order valence-electron chi connectivity index (χ2n) is 4.21. The second kappa shape index (κ2) is 5.95. The van der Waals surface area contributed by atoms with Gasteiger partial charge in [-0.15, -0.1) is 0 Å². The maximum atomic E-state index is 11.9. The third-order valence-corrected chi connectivity index (χ3v) is 2.70. The molecule has 0 saturated carbocycles. The first kappa shape index (κ1) is 13.0. The SMILES string of the molecule is CNc1cncc(C(=O)NCc2ccc(C)cc2)n1. The van der Waals surface area contributed by atoms with Crippen LogP contribution in [0.4, 0.5) is 5.82 Å². The summed E-state index contributed by atoms with van der Waals surface area (Å²) in [5.74, 6) is 0.341. The van der Waals surface area contributed by atoms with Crippen molar-refractivity contribution in [2.45, 2.75) is 13.5 Å². The molecule has 1 heterocycles. The highest BCUT2D eigenvalue weighted by molar-refractivity contribution is 5.92. The van der Waals surface area contributed by atoms with Gasteiger partial charge in [0.2, 0.25) is 0 Å². The molecule has 0 spiro atoms. The van der Waals surface area contributed by atoms with Gasteiger partial charge in [0.15, 0.2) is 0 Å². The van der Waals surface area contributed by atoms with Gasteiger partial charge in [0, 0.05) is 13.6 Å². The van der Waals surface area contributed by atoms with E-state index in [0.29, 0.717) is 18.1 Å². The van der Waals surface area contributed by atoms with E-state index in [1.54, 1.807) is 13.2 Å². The number of hydrogen-bond acceptors (Lipinski definition) is 4. The Morgan fingerprint density at radius 2 is 1.95 bits per heavy atom. The fourth-order valence-corrected chi connectivity index (χ4v) is 1.57. The summed E-state index contributed by atoms with van der Waals surface area (Å²) in [5, 5.41) is 5.67. The van der Waals surface area contributed by atoms with Crippen LogP contribution in [0.1, 0.15) is 21.6 Å². The predicted octanol–water partition coefficient (Wildman–Crippen LogP) is 1.76. The van der Waals surface area contributed by atoms with Gasteiger partial charge in [0.05, 0.1) is 12.4 Å². The number of anilines is 1. The van der Waals surface area contributed by atoms with Crippen LogP contribution < -0.4 is 10.6 Å². The number of aromatic nitrogens is 2. The van der Waals surface area contributed by atoms with Crippen molar-refractivity contribution in [2.75, 3.05) is 12.4 Å². The molecule has 5 heteroatoms. The van der Waals surface area contributed by atoms with E-state index in [4.69, 9.17) is 0 Å². The molecule has 2 aromatic rings. The summed E-state index contributed by atoms with van der Waals surface area (Å²) in [6.45, 7) is 2.51. The minimum atomic E-state index is -0.231. The van der Waals surface area contributed by atoms with Crippen LogP contribution in [0.3, 0.4) is 0 Å². The number of benzene rings is 1. The van der Waals surface area contributed by atoms with Crippen LogP contribution in [0.5, 0.6) is 0 Å². The monoisotopic (exact) mass is 256 g/mol. The van der Waals surface area contributed by atoms with Crippen LogP contribution in [-0.4, -0.2) is 22.9 Å². The lowest BCUT2D eigenvalue weighted by atomic mass is 10.1. The van der Waals surface area contributed by atoms with Crippen LogP contribution >= 0.6 is 0 Å². The van der Waals surface area contributed by atoms with Crippen LogP contribution in [0, 0.1) is 6.92 Å². The van der Waals surface area contributed by atoms with Crippen molar-refractivity contribution in [2.24, 2.45) is 0 Å². The summed E-state index contributed by atoms with van der Waals surface area (Å²) in [4.78, 5) is 20.0. The Labute approximate surface area is 112 Å². The average molecular weight is 256 g/mol. The topological polar surface area (TPSA) is 66.9 Å². The van der Waals surface area contributed by atoms with Gasteiger partial charge < -0.3 is 10.6 Å². The van der Waals surface area contributed by atoms with E-state index in [9.17, 15) is 4.79 Å². The van der Waals surface area contributed by atoms with E-state index in [1.165, 1.54) is 11.8 Å². The zero-order valence-electron chi connectivity index (χ0n) is 11.0. The molecule has 0 fully saturated rings. The lowest BCUT2D eigenvalue weighted by Gasteiger charge is -2.06. The lowest BCUT2D eigenvalue weighted by Crippen LogP contribution is -2.24. The molecule has 1 aromatic heterocycles. The van der Waals surface area contributed by atoms with Gasteiger partial charge in [-0.3, -0.25) is 9.78 Å². The third kappa shape index (κ3) is 3.51. The molecule has 0 unspecified atom stereocenters. The number of nitrogens with one attached hydrogen (secondary N) is 2. The minimum absolute atomic E-state index is 0.231. The highest BCUT2D eigenvalue weighted by Crippen LogP contribution is 2.04. The van der Waals surface area contributed by atoms with Crippen molar-refractivity contribution in [1.29, 1.82) is 0 Å². The molecule has 0 aliphatic rings. The van der Waals surface area contributed by atoms with Crippen LogP contribution in [-0.2, 0) is 6.54 Å². The van der Waals surface area contributed by atoms with E-state index in [2.05, 4.69) is 20.6 Å². The fraction of sp³-hybridized carbons (Fsp3) is 0.214. The van der Waals surface area contributed by atoms with E-state index in [0.717, 1.165) is 5.56 Å².